The molecule has 1 amide bonds. The van der Waals surface area contributed by atoms with Crippen molar-refractivity contribution >= 4 is 5.91 Å². The van der Waals surface area contributed by atoms with Gasteiger partial charge in [0, 0.05) is 19.8 Å². The lowest BCUT2D eigenvalue weighted by Gasteiger charge is -2.32. The van der Waals surface area contributed by atoms with Gasteiger partial charge in [-0.2, -0.15) is 5.10 Å². The number of benzene rings is 1. The van der Waals surface area contributed by atoms with Gasteiger partial charge in [0.15, 0.2) is 11.6 Å². The zero-order valence-electron chi connectivity index (χ0n) is 13.6. The molecule has 4 rings (SSSR count). The Balaban J connectivity index is 1.66. The molecule has 0 unspecified atom stereocenters. The number of rotatable bonds is 3. The summed E-state index contributed by atoms with van der Waals surface area (Å²) in [6, 6.07) is 9.66. The van der Waals surface area contributed by atoms with Gasteiger partial charge < -0.3 is 4.90 Å². The number of hydrogen-bond acceptors (Lipinski definition) is 4. The van der Waals surface area contributed by atoms with Crippen molar-refractivity contribution < 1.29 is 4.79 Å². The Hall–Kier alpha value is -2.96. The van der Waals surface area contributed by atoms with E-state index in [1.807, 2.05) is 60.0 Å². The number of nitrogens with zero attached hydrogens (tertiary/aromatic N) is 6. The normalized spacial score (nSPS) is 17.2. The summed E-state index contributed by atoms with van der Waals surface area (Å²) in [6.07, 6.45) is 3.62. The average molecular weight is 322 g/mol. The van der Waals surface area contributed by atoms with Gasteiger partial charge in [-0.05, 0) is 12.5 Å². The molecule has 0 N–H and O–H groups in total. The Bertz CT molecular complexity index is 882. The number of carbonyl (C=O) groups excluding carboxylic acids is 1. The molecule has 0 bridgehead atoms. The van der Waals surface area contributed by atoms with Crippen LogP contribution in [0.2, 0.25) is 0 Å². The van der Waals surface area contributed by atoms with Crippen molar-refractivity contribution in [1.82, 2.24) is 29.4 Å². The molecule has 0 spiro atoms. The standard InChI is InChI=1S/C17H18N6O/c1-12-17(24)22(9-13-6-4-3-5-7-13)11-15-19-20-16(23(12)15)14-8-18-21(2)10-14/h3-8,10,12H,9,11H2,1-2H3/t12-/m1/s1. The third kappa shape index (κ3) is 2.38. The predicted molar refractivity (Wildman–Crippen MR) is 87.6 cm³/mol. The second-order valence-electron chi connectivity index (χ2n) is 6.07. The molecule has 1 aliphatic rings. The topological polar surface area (TPSA) is 68.8 Å². The van der Waals surface area contributed by atoms with E-state index in [1.165, 1.54) is 0 Å². The SMILES string of the molecule is C[C@@H]1C(=O)N(Cc2ccccc2)Cc2nnc(-c3cnn(C)c3)n21. The molecule has 3 heterocycles. The Labute approximate surface area is 139 Å². The molecule has 3 aromatic rings. The summed E-state index contributed by atoms with van der Waals surface area (Å²) < 4.78 is 3.63. The molecule has 122 valence electrons. The van der Waals surface area contributed by atoms with Crippen LogP contribution in [0, 0.1) is 0 Å². The molecule has 1 atom stereocenters. The van der Waals surface area contributed by atoms with Gasteiger partial charge in [0.05, 0.1) is 18.3 Å². The maximum Gasteiger partial charge on any atom is 0.246 e. The summed E-state index contributed by atoms with van der Waals surface area (Å²) in [5.41, 5.74) is 1.98. The van der Waals surface area contributed by atoms with Crippen molar-refractivity contribution in [3.05, 3.63) is 54.1 Å². The highest BCUT2D eigenvalue weighted by molar-refractivity contribution is 5.82. The monoisotopic (exact) mass is 322 g/mol. The van der Waals surface area contributed by atoms with Crippen molar-refractivity contribution in [2.75, 3.05) is 0 Å². The molecule has 0 saturated heterocycles. The number of carbonyl (C=O) groups is 1. The van der Waals surface area contributed by atoms with E-state index >= 15 is 0 Å². The van der Waals surface area contributed by atoms with Gasteiger partial charge in [0.25, 0.3) is 0 Å². The number of aryl methyl sites for hydroxylation is 1. The molecule has 1 aromatic carbocycles. The van der Waals surface area contributed by atoms with Gasteiger partial charge in [-0.1, -0.05) is 30.3 Å². The smallest absolute Gasteiger partial charge is 0.246 e. The summed E-state index contributed by atoms with van der Waals surface area (Å²) in [5.74, 6) is 1.58. The summed E-state index contributed by atoms with van der Waals surface area (Å²) in [5, 5.41) is 12.8. The number of aromatic nitrogens is 5. The highest BCUT2D eigenvalue weighted by Gasteiger charge is 2.33. The summed E-state index contributed by atoms with van der Waals surface area (Å²) >= 11 is 0. The highest BCUT2D eigenvalue weighted by Crippen LogP contribution is 2.28. The van der Waals surface area contributed by atoms with Crippen LogP contribution in [0.3, 0.4) is 0 Å². The molecule has 0 aliphatic carbocycles. The quantitative estimate of drug-likeness (QED) is 0.737. The maximum atomic E-state index is 12.8. The number of fused-ring (bicyclic) bond motifs is 1. The van der Waals surface area contributed by atoms with Crippen LogP contribution in [0.1, 0.15) is 24.4 Å². The second kappa shape index (κ2) is 5.59. The third-order valence-corrected chi connectivity index (χ3v) is 4.33. The average Bonchev–Trinajstić information content (AvgIpc) is 3.19. The largest absolute Gasteiger partial charge is 0.329 e. The van der Waals surface area contributed by atoms with E-state index < -0.39 is 0 Å². The van der Waals surface area contributed by atoms with E-state index in [9.17, 15) is 4.79 Å². The summed E-state index contributed by atoms with van der Waals surface area (Å²) in [4.78, 5) is 14.6. The van der Waals surface area contributed by atoms with Crippen LogP contribution in [0.25, 0.3) is 11.4 Å². The zero-order valence-corrected chi connectivity index (χ0v) is 13.6. The second-order valence-corrected chi connectivity index (χ2v) is 6.07. The summed E-state index contributed by atoms with van der Waals surface area (Å²) in [6.45, 7) is 2.94. The van der Waals surface area contributed by atoms with Crippen LogP contribution < -0.4 is 0 Å². The first kappa shape index (κ1) is 14.6. The molecule has 24 heavy (non-hydrogen) atoms. The van der Waals surface area contributed by atoms with Gasteiger partial charge >= 0.3 is 0 Å². The van der Waals surface area contributed by atoms with Crippen molar-refractivity contribution in [1.29, 1.82) is 0 Å². The first-order chi connectivity index (χ1) is 11.6. The first-order valence-corrected chi connectivity index (χ1v) is 7.89. The third-order valence-electron chi connectivity index (χ3n) is 4.33. The van der Waals surface area contributed by atoms with E-state index in [2.05, 4.69) is 15.3 Å². The van der Waals surface area contributed by atoms with Gasteiger partial charge in [-0.25, -0.2) is 0 Å². The predicted octanol–water partition coefficient (Wildman–Crippen LogP) is 1.78. The molecular formula is C17H18N6O. The minimum Gasteiger partial charge on any atom is -0.329 e. The number of amides is 1. The van der Waals surface area contributed by atoms with E-state index in [0.717, 1.165) is 17.0 Å². The number of hydrogen-bond donors (Lipinski definition) is 0. The molecule has 7 nitrogen and oxygen atoms in total. The molecule has 7 heteroatoms. The Kier molecular flexibility index (Phi) is 3.41. The summed E-state index contributed by atoms with van der Waals surface area (Å²) in [7, 11) is 1.85. The van der Waals surface area contributed by atoms with E-state index in [1.54, 1.807) is 10.9 Å². The van der Waals surface area contributed by atoms with Crippen molar-refractivity contribution in [3.8, 4) is 11.4 Å². The fraction of sp³-hybridized carbons (Fsp3) is 0.294. The van der Waals surface area contributed by atoms with Crippen LogP contribution in [0.15, 0.2) is 42.7 Å². The lowest BCUT2D eigenvalue weighted by atomic mass is 10.1. The van der Waals surface area contributed by atoms with Gasteiger partial charge in [0.1, 0.15) is 6.04 Å². The van der Waals surface area contributed by atoms with Gasteiger partial charge in [-0.15, -0.1) is 10.2 Å². The molecule has 0 fully saturated rings. The Morgan fingerprint density at radius 3 is 2.71 bits per heavy atom. The fourth-order valence-corrected chi connectivity index (χ4v) is 3.13. The molecule has 0 saturated carbocycles. The van der Waals surface area contributed by atoms with Crippen LogP contribution in [-0.4, -0.2) is 35.4 Å². The van der Waals surface area contributed by atoms with Crippen molar-refractivity contribution in [3.63, 3.8) is 0 Å². The van der Waals surface area contributed by atoms with Crippen LogP contribution >= 0.6 is 0 Å². The minimum atomic E-state index is -0.331. The Morgan fingerprint density at radius 2 is 2.00 bits per heavy atom. The molecular weight excluding hydrogens is 304 g/mol. The van der Waals surface area contributed by atoms with Crippen LogP contribution in [0.5, 0.6) is 0 Å². The highest BCUT2D eigenvalue weighted by atomic mass is 16.2. The lowest BCUT2D eigenvalue weighted by Crippen LogP contribution is -2.41. The van der Waals surface area contributed by atoms with E-state index in [4.69, 9.17) is 0 Å². The van der Waals surface area contributed by atoms with E-state index in [-0.39, 0.29) is 11.9 Å². The minimum absolute atomic E-state index is 0.0799. The maximum absolute atomic E-state index is 12.8. The zero-order chi connectivity index (χ0) is 16.7. The Morgan fingerprint density at radius 1 is 1.21 bits per heavy atom. The molecule has 1 aliphatic heterocycles. The fourth-order valence-electron chi connectivity index (χ4n) is 3.13. The van der Waals surface area contributed by atoms with Crippen molar-refractivity contribution in [2.24, 2.45) is 7.05 Å². The first-order valence-electron chi connectivity index (χ1n) is 7.89. The van der Waals surface area contributed by atoms with Gasteiger partial charge in [-0.3, -0.25) is 14.0 Å². The van der Waals surface area contributed by atoms with Crippen LogP contribution in [-0.2, 0) is 24.9 Å². The lowest BCUT2D eigenvalue weighted by molar-refractivity contribution is -0.137. The van der Waals surface area contributed by atoms with E-state index in [0.29, 0.717) is 18.9 Å². The van der Waals surface area contributed by atoms with Gasteiger partial charge in [0.2, 0.25) is 5.91 Å². The molecule has 0 radical (unpaired) electrons. The molecule has 2 aromatic heterocycles. The van der Waals surface area contributed by atoms with Crippen molar-refractivity contribution in [2.45, 2.75) is 26.1 Å². The van der Waals surface area contributed by atoms with Crippen LogP contribution in [0.4, 0.5) is 0 Å².